The van der Waals surface area contributed by atoms with E-state index in [0.29, 0.717) is 32.9 Å². The smallest absolute Gasteiger partial charge is 0.235 e. The molecule has 0 saturated heterocycles. The van der Waals surface area contributed by atoms with Gasteiger partial charge in [0.05, 0.1) is 23.1 Å². The zero-order chi connectivity index (χ0) is 34.7. The highest BCUT2D eigenvalue weighted by Gasteiger charge is 2.56. The van der Waals surface area contributed by atoms with Gasteiger partial charge in [0, 0.05) is 23.7 Å². The number of ketones is 1. The molecule has 9 heteroatoms. The van der Waals surface area contributed by atoms with Crippen molar-refractivity contribution in [3.8, 4) is 11.5 Å². The number of amides is 2. The normalized spacial score (nSPS) is 20.6. The molecule has 250 valence electrons. The molecule has 0 spiro atoms. The summed E-state index contributed by atoms with van der Waals surface area (Å²) in [4.78, 5) is 42.5. The van der Waals surface area contributed by atoms with Crippen molar-refractivity contribution >= 4 is 44.9 Å². The number of Topliss-reactive ketones (excluding diaryl/α,β-unsaturated/α-hetero) is 1. The molecule has 1 aliphatic carbocycles. The number of carbonyl (C=O) groups is 3. The van der Waals surface area contributed by atoms with Crippen molar-refractivity contribution in [3.05, 3.63) is 117 Å². The lowest BCUT2D eigenvalue weighted by Gasteiger charge is -2.44. The van der Waals surface area contributed by atoms with E-state index in [9.17, 15) is 19.5 Å². The molecule has 0 aliphatic heterocycles. The van der Waals surface area contributed by atoms with Gasteiger partial charge in [0.25, 0.3) is 0 Å². The van der Waals surface area contributed by atoms with Crippen LogP contribution in [0, 0.1) is 39.5 Å². The number of hydrogen-bond donors (Lipinski definition) is 3. The highest BCUT2D eigenvalue weighted by atomic mass is 79.9. The molecule has 4 aromatic carbocycles. The van der Waals surface area contributed by atoms with Crippen LogP contribution in [0.15, 0.2) is 83.3 Å². The van der Waals surface area contributed by atoms with Gasteiger partial charge in [-0.1, -0.05) is 54.6 Å². The van der Waals surface area contributed by atoms with Gasteiger partial charge in [0.1, 0.15) is 18.3 Å². The summed E-state index contributed by atoms with van der Waals surface area (Å²) < 4.78 is 12.4. The molecule has 4 atom stereocenters. The van der Waals surface area contributed by atoms with E-state index >= 15 is 0 Å². The van der Waals surface area contributed by atoms with E-state index < -0.39 is 41.0 Å². The summed E-state index contributed by atoms with van der Waals surface area (Å²) in [5.41, 5.74) is 4.51. The molecule has 1 fully saturated rings. The fraction of sp³-hybridized carbons (Fsp3) is 0.308. The number of rotatable bonds is 9. The van der Waals surface area contributed by atoms with Gasteiger partial charge in [-0.3, -0.25) is 14.4 Å². The van der Waals surface area contributed by atoms with E-state index in [0.717, 1.165) is 27.8 Å². The number of methoxy groups -OCH3 is 1. The summed E-state index contributed by atoms with van der Waals surface area (Å²) in [5.74, 6) is -4.33. The highest BCUT2D eigenvalue weighted by Crippen LogP contribution is 2.49. The average Bonchev–Trinajstić information content (AvgIpc) is 3.04. The SMILES string of the molecule is COc1cc(C2C(C(=O)Nc3cccc(C)c3C)C(=O)CC(C)(O)C2C(=O)Nc2cccc(C)c2C)cc(Br)c1OCc1ccccc1. The molecular formula is C39H41BrN2O6. The van der Waals surface area contributed by atoms with Crippen LogP contribution in [0.1, 0.15) is 52.6 Å². The number of anilines is 2. The van der Waals surface area contributed by atoms with Gasteiger partial charge in [-0.2, -0.15) is 0 Å². The maximum atomic E-state index is 14.3. The molecule has 4 unspecified atom stereocenters. The first-order valence-corrected chi connectivity index (χ1v) is 16.6. The minimum absolute atomic E-state index is 0.271. The number of aliphatic hydroxyl groups is 1. The summed E-state index contributed by atoms with van der Waals surface area (Å²) in [6, 6.07) is 24.2. The molecule has 0 aromatic heterocycles. The van der Waals surface area contributed by atoms with E-state index in [4.69, 9.17) is 9.47 Å². The van der Waals surface area contributed by atoms with E-state index in [1.54, 1.807) is 24.3 Å². The lowest BCUT2D eigenvalue weighted by Crippen LogP contribution is -2.56. The fourth-order valence-corrected chi connectivity index (χ4v) is 7.06. The maximum absolute atomic E-state index is 14.3. The summed E-state index contributed by atoms with van der Waals surface area (Å²) in [6.45, 7) is 9.44. The number of aryl methyl sites for hydroxylation is 2. The van der Waals surface area contributed by atoms with E-state index in [1.807, 2.05) is 82.3 Å². The van der Waals surface area contributed by atoms with Crippen molar-refractivity contribution < 1.29 is 29.0 Å². The number of halogens is 1. The van der Waals surface area contributed by atoms with Crippen LogP contribution in [0.5, 0.6) is 11.5 Å². The Bertz CT molecular complexity index is 1860. The molecular weight excluding hydrogens is 672 g/mol. The quantitative estimate of drug-likeness (QED) is 0.154. The second-order valence-corrected chi connectivity index (χ2v) is 13.6. The standard InChI is InChI=1S/C39H41BrN2O6/c1-22-12-10-16-29(24(22)3)41-37(44)34-31(43)20-39(5,46)35(38(45)42-30-17-11-13-23(2)25(30)4)33(34)27-18-28(40)36(32(19-27)47-6)48-21-26-14-8-7-9-15-26/h7-19,33-35,46H,20-21H2,1-6H3,(H,41,44)(H,42,45). The van der Waals surface area contributed by atoms with Crippen LogP contribution in [0.4, 0.5) is 11.4 Å². The highest BCUT2D eigenvalue weighted by molar-refractivity contribution is 9.10. The Labute approximate surface area is 290 Å². The zero-order valence-electron chi connectivity index (χ0n) is 28.0. The molecule has 0 heterocycles. The van der Waals surface area contributed by atoms with Crippen molar-refractivity contribution in [1.82, 2.24) is 0 Å². The summed E-state index contributed by atoms with van der Waals surface area (Å²) in [6.07, 6.45) is -0.379. The lowest BCUT2D eigenvalue weighted by atomic mass is 9.61. The Kier molecular flexibility index (Phi) is 10.4. The Morgan fingerprint density at radius 1 is 0.875 bits per heavy atom. The maximum Gasteiger partial charge on any atom is 0.235 e. The first kappa shape index (κ1) is 34.9. The third-order valence-electron chi connectivity index (χ3n) is 9.42. The summed E-state index contributed by atoms with van der Waals surface area (Å²) in [5, 5.41) is 17.8. The number of carbonyl (C=O) groups excluding carboxylic acids is 3. The minimum Gasteiger partial charge on any atom is -0.493 e. The number of ether oxygens (including phenoxy) is 2. The van der Waals surface area contributed by atoms with Crippen LogP contribution in [0.2, 0.25) is 0 Å². The Hall–Kier alpha value is -4.47. The van der Waals surface area contributed by atoms with Crippen LogP contribution < -0.4 is 20.1 Å². The van der Waals surface area contributed by atoms with Crippen molar-refractivity contribution in [2.45, 2.75) is 59.2 Å². The van der Waals surface area contributed by atoms with Gasteiger partial charge >= 0.3 is 0 Å². The fourth-order valence-electron chi connectivity index (χ4n) is 6.49. The van der Waals surface area contributed by atoms with Gasteiger partial charge in [0.15, 0.2) is 11.5 Å². The van der Waals surface area contributed by atoms with E-state index in [-0.39, 0.29) is 13.0 Å². The molecule has 5 rings (SSSR count). The van der Waals surface area contributed by atoms with Crippen molar-refractivity contribution in [1.29, 1.82) is 0 Å². The summed E-state index contributed by atoms with van der Waals surface area (Å²) in [7, 11) is 1.50. The van der Waals surface area contributed by atoms with Crippen LogP contribution in [0.25, 0.3) is 0 Å². The predicted octanol–water partition coefficient (Wildman–Crippen LogP) is 7.59. The van der Waals surface area contributed by atoms with E-state index in [1.165, 1.54) is 14.0 Å². The molecule has 0 radical (unpaired) electrons. The number of benzene rings is 4. The van der Waals surface area contributed by atoms with Crippen LogP contribution >= 0.6 is 15.9 Å². The first-order chi connectivity index (χ1) is 22.8. The summed E-state index contributed by atoms with van der Waals surface area (Å²) >= 11 is 3.63. The number of hydrogen-bond acceptors (Lipinski definition) is 6. The van der Waals surface area contributed by atoms with Gasteiger partial charge < -0.3 is 25.2 Å². The zero-order valence-corrected chi connectivity index (χ0v) is 29.6. The Balaban J connectivity index is 1.62. The molecule has 3 N–H and O–H groups in total. The predicted molar refractivity (Wildman–Crippen MR) is 191 cm³/mol. The van der Waals surface area contributed by atoms with Gasteiger partial charge in [-0.15, -0.1) is 0 Å². The Morgan fingerprint density at radius 3 is 2.04 bits per heavy atom. The van der Waals surface area contributed by atoms with Crippen molar-refractivity contribution in [2.24, 2.45) is 11.8 Å². The third kappa shape index (κ3) is 7.17. The average molecular weight is 714 g/mol. The molecule has 1 aliphatic rings. The topological polar surface area (TPSA) is 114 Å². The molecule has 0 bridgehead atoms. The first-order valence-electron chi connectivity index (χ1n) is 15.9. The third-order valence-corrected chi connectivity index (χ3v) is 10.0. The largest absolute Gasteiger partial charge is 0.493 e. The van der Waals surface area contributed by atoms with Crippen LogP contribution in [0.3, 0.4) is 0 Å². The molecule has 1 saturated carbocycles. The van der Waals surface area contributed by atoms with Crippen molar-refractivity contribution in [3.63, 3.8) is 0 Å². The van der Waals surface area contributed by atoms with Gasteiger partial charge in [-0.25, -0.2) is 0 Å². The minimum atomic E-state index is -1.78. The molecule has 4 aromatic rings. The van der Waals surface area contributed by atoms with Crippen LogP contribution in [-0.2, 0) is 21.0 Å². The second kappa shape index (κ2) is 14.3. The van der Waals surface area contributed by atoms with Crippen molar-refractivity contribution in [2.75, 3.05) is 17.7 Å². The lowest BCUT2D eigenvalue weighted by molar-refractivity contribution is -0.150. The molecule has 2 amide bonds. The van der Waals surface area contributed by atoms with Crippen LogP contribution in [-0.4, -0.2) is 35.4 Å². The second-order valence-electron chi connectivity index (χ2n) is 12.8. The van der Waals surface area contributed by atoms with E-state index in [2.05, 4.69) is 26.6 Å². The molecule has 48 heavy (non-hydrogen) atoms. The Morgan fingerprint density at radius 2 is 1.46 bits per heavy atom. The monoisotopic (exact) mass is 712 g/mol. The molecule has 8 nitrogen and oxygen atoms in total. The van der Waals surface area contributed by atoms with Gasteiger partial charge in [-0.05, 0) is 108 Å². The number of nitrogens with one attached hydrogen (secondary N) is 2. The van der Waals surface area contributed by atoms with Gasteiger partial charge in [0.2, 0.25) is 11.8 Å².